The molecule has 0 aliphatic heterocycles. The van der Waals surface area contributed by atoms with Gasteiger partial charge in [0.15, 0.2) is 0 Å². The van der Waals surface area contributed by atoms with E-state index in [0.717, 1.165) is 12.8 Å². The molecule has 0 aromatic heterocycles. The highest BCUT2D eigenvalue weighted by Crippen LogP contribution is 2.39. The number of nitrogens with two attached hydrogens (primary N) is 1. The van der Waals surface area contributed by atoms with Crippen molar-refractivity contribution >= 4 is 5.91 Å². The first kappa shape index (κ1) is 17.1. The summed E-state index contributed by atoms with van der Waals surface area (Å²) in [6.07, 6.45) is -8.43. The van der Waals surface area contributed by atoms with Crippen LogP contribution < -0.4 is 11.1 Å². The number of halogens is 6. The average molecular weight is 306 g/mol. The van der Waals surface area contributed by atoms with Crippen LogP contribution in [0.15, 0.2) is 0 Å². The van der Waals surface area contributed by atoms with Crippen molar-refractivity contribution in [3.8, 4) is 0 Å². The Labute approximate surface area is 111 Å². The molecule has 0 bridgehead atoms. The highest BCUT2D eigenvalue weighted by molar-refractivity contribution is 5.80. The number of amides is 1. The van der Waals surface area contributed by atoms with Gasteiger partial charge in [-0.2, -0.15) is 26.3 Å². The van der Waals surface area contributed by atoms with Crippen molar-refractivity contribution < 1.29 is 31.1 Å². The molecule has 0 heterocycles. The van der Waals surface area contributed by atoms with Gasteiger partial charge in [-0.1, -0.05) is 19.3 Å². The van der Waals surface area contributed by atoms with Crippen LogP contribution in [0.25, 0.3) is 0 Å². The summed E-state index contributed by atoms with van der Waals surface area (Å²) < 4.78 is 74.3. The van der Waals surface area contributed by atoms with E-state index < -0.39 is 36.3 Å². The molecule has 3 nitrogen and oxygen atoms in total. The van der Waals surface area contributed by atoms with Gasteiger partial charge in [0.2, 0.25) is 11.8 Å². The highest BCUT2D eigenvalue weighted by Gasteiger charge is 2.61. The summed E-state index contributed by atoms with van der Waals surface area (Å²) in [6.45, 7) is 0. The molecule has 0 aromatic carbocycles. The smallest absolute Gasteiger partial charge is 0.351 e. The molecule has 2 atom stereocenters. The van der Waals surface area contributed by atoms with Gasteiger partial charge in [-0.15, -0.1) is 0 Å². The van der Waals surface area contributed by atoms with E-state index in [0.29, 0.717) is 12.8 Å². The molecule has 0 spiro atoms. The van der Waals surface area contributed by atoms with Crippen LogP contribution in [-0.4, -0.2) is 30.3 Å². The van der Waals surface area contributed by atoms with Gasteiger partial charge in [-0.25, -0.2) is 0 Å². The van der Waals surface area contributed by atoms with Gasteiger partial charge in [0.1, 0.15) is 0 Å². The third-order valence-electron chi connectivity index (χ3n) is 3.31. The van der Waals surface area contributed by atoms with E-state index in [2.05, 4.69) is 0 Å². The molecule has 0 aromatic rings. The van der Waals surface area contributed by atoms with E-state index in [1.165, 1.54) is 0 Å². The van der Waals surface area contributed by atoms with Crippen LogP contribution in [-0.2, 0) is 4.79 Å². The van der Waals surface area contributed by atoms with Crippen molar-refractivity contribution in [1.82, 2.24) is 5.32 Å². The summed E-state index contributed by atoms with van der Waals surface area (Å²) in [5, 5.41) is 1.82. The quantitative estimate of drug-likeness (QED) is 0.608. The van der Waals surface area contributed by atoms with Gasteiger partial charge in [0.05, 0.1) is 0 Å². The van der Waals surface area contributed by atoms with Gasteiger partial charge < -0.3 is 11.1 Å². The minimum atomic E-state index is -5.67. The second kappa shape index (κ2) is 6.19. The molecule has 1 aliphatic carbocycles. The van der Waals surface area contributed by atoms with E-state index in [9.17, 15) is 31.1 Å². The second-order valence-electron chi connectivity index (χ2n) is 4.93. The van der Waals surface area contributed by atoms with Crippen molar-refractivity contribution in [1.29, 1.82) is 0 Å². The van der Waals surface area contributed by atoms with Crippen LogP contribution in [0, 0.1) is 5.92 Å². The third kappa shape index (κ3) is 4.53. The van der Waals surface area contributed by atoms with Crippen LogP contribution >= 0.6 is 0 Å². The fourth-order valence-corrected chi connectivity index (χ4v) is 2.26. The number of hydrogen-bond donors (Lipinski definition) is 2. The van der Waals surface area contributed by atoms with Gasteiger partial charge in [-0.05, 0) is 12.8 Å². The van der Waals surface area contributed by atoms with Crippen molar-refractivity contribution in [3.63, 3.8) is 0 Å². The van der Waals surface area contributed by atoms with E-state index in [-0.39, 0.29) is 6.42 Å². The molecule has 0 radical (unpaired) electrons. The number of nitrogens with one attached hydrogen (secondary N) is 1. The molecule has 1 amide bonds. The zero-order chi connectivity index (χ0) is 15.6. The van der Waals surface area contributed by atoms with Crippen molar-refractivity contribution in [2.45, 2.75) is 56.5 Å². The topological polar surface area (TPSA) is 55.1 Å². The Hall–Kier alpha value is -0.990. The number of rotatable bonds is 2. The lowest BCUT2D eigenvalue weighted by molar-refractivity contribution is -0.274. The van der Waals surface area contributed by atoms with Gasteiger partial charge in [0, 0.05) is 12.1 Å². The highest BCUT2D eigenvalue weighted by atomic mass is 19.4. The van der Waals surface area contributed by atoms with Crippen LogP contribution in [0.1, 0.15) is 32.1 Å². The predicted molar refractivity (Wildman–Crippen MR) is 58.6 cm³/mol. The van der Waals surface area contributed by atoms with Gasteiger partial charge in [-0.3, -0.25) is 4.79 Å². The Bertz CT molecular complexity index is 327. The maximum atomic E-state index is 12.4. The van der Waals surface area contributed by atoms with E-state index in [1.807, 2.05) is 5.32 Å². The standard InChI is InChI=1S/C11H16F6N2O/c12-10(13,14)8(11(15,16)17)9(20)19-7-5-3-1-2-4-6(7)18/h6-8H,1-5,18H2,(H,19,20). The molecule has 1 aliphatic rings. The molecule has 9 heteroatoms. The third-order valence-corrected chi connectivity index (χ3v) is 3.31. The van der Waals surface area contributed by atoms with Crippen molar-refractivity contribution in [2.75, 3.05) is 0 Å². The predicted octanol–water partition coefficient (Wildman–Crippen LogP) is 2.50. The summed E-state index contributed by atoms with van der Waals surface area (Å²) in [4.78, 5) is 11.4. The Morgan fingerprint density at radius 2 is 1.50 bits per heavy atom. The fourth-order valence-electron chi connectivity index (χ4n) is 2.26. The van der Waals surface area contributed by atoms with Crippen LogP contribution in [0.3, 0.4) is 0 Å². The molecule has 118 valence electrons. The Balaban J connectivity index is 2.80. The van der Waals surface area contributed by atoms with E-state index >= 15 is 0 Å². The van der Waals surface area contributed by atoms with Crippen molar-refractivity contribution in [3.05, 3.63) is 0 Å². The molecule has 0 saturated heterocycles. The summed E-state index contributed by atoms with van der Waals surface area (Å²) in [5.41, 5.74) is 5.67. The Morgan fingerprint density at radius 1 is 1.00 bits per heavy atom. The van der Waals surface area contributed by atoms with Gasteiger partial charge in [0.25, 0.3) is 0 Å². The maximum Gasteiger partial charge on any atom is 0.409 e. The molecule has 2 unspecified atom stereocenters. The first-order valence-corrected chi connectivity index (χ1v) is 6.23. The SMILES string of the molecule is NC1CCCCCC1NC(=O)C(C(F)(F)F)C(F)(F)F. The maximum absolute atomic E-state index is 12.4. The molecular formula is C11H16F6N2O. The number of carbonyl (C=O) groups is 1. The van der Waals surface area contributed by atoms with Crippen LogP contribution in [0.2, 0.25) is 0 Å². The summed E-state index contributed by atoms with van der Waals surface area (Å²) in [6, 6.07) is -1.47. The molecular weight excluding hydrogens is 290 g/mol. The molecule has 20 heavy (non-hydrogen) atoms. The number of hydrogen-bond acceptors (Lipinski definition) is 2. The lowest BCUT2D eigenvalue weighted by atomic mass is 10.0. The Kier molecular flexibility index (Phi) is 5.28. The first-order chi connectivity index (χ1) is 9.03. The zero-order valence-electron chi connectivity index (χ0n) is 10.5. The minimum absolute atomic E-state index is 0.287. The fraction of sp³-hybridized carbons (Fsp3) is 0.909. The largest absolute Gasteiger partial charge is 0.409 e. The minimum Gasteiger partial charge on any atom is -0.351 e. The van der Waals surface area contributed by atoms with E-state index in [4.69, 9.17) is 5.73 Å². The number of alkyl halides is 6. The summed E-state index contributed by atoms with van der Waals surface area (Å²) in [5.74, 6) is -6.09. The summed E-state index contributed by atoms with van der Waals surface area (Å²) in [7, 11) is 0. The zero-order valence-corrected chi connectivity index (χ0v) is 10.5. The molecule has 1 fully saturated rings. The average Bonchev–Trinajstić information content (AvgIpc) is 2.39. The molecule has 1 saturated carbocycles. The second-order valence-corrected chi connectivity index (χ2v) is 4.93. The van der Waals surface area contributed by atoms with E-state index in [1.54, 1.807) is 0 Å². The lowest BCUT2D eigenvalue weighted by Gasteiger charge is -2.27. The summed E-state index contributed by atoms with van der Waals surface area (Å²) >= 11 is 0. The van der Waals surface area contributed by atoms with Crippen LogP contribution in [0.4, 0.5) is 26.3 Å². The lowest BCUT2D eigenvalue weighted by Crippen LogP contribution is -2.54. The normalized spacial score (nSPS) is 25.4. The number of carbonyl (C=O) groups excluding carboxylic acids is 1. The monoisotopic (exact) mass is 306 g/mol. The first-order valence-electron chi connectivity index (χ1n) is 6.23. The Morgan fingerprint density at radius 3 is 2.00 bits per heavy atom. The van der Waals surface area contributed by atoms with Crippen LogP contribution in [0.5, 0.6) is 0 Å². The molecule has 1 rings (SSSR count). The molecule has 3 N–H and O–H groups in total. The van der Waals surface area contributed by atoms with Crippen molar-refractivity contribution in [2.24, 2.45) is 11.7 Å². The van der Waals surface area contributed by atoms with Gasteiger partial charge >= 0.3 is 12.4 Å².